The van der Waals surface area contributed by atoms with Crippen molar-refractivity contribution in [1.29, 1.82) is 0 Å². The van der Waals surface area contributed by atoms with Crippen LogP contribution >= 0.6 is 22.6 Å². The molecule has 2 aliphatic heterocycles. The van der Waals surface area contributed by atoms with Crippen molar-refractivity contribution in [1.82, 2.24) is 34.3 Å². The van der Waals surface area contributed by atoms with Crippen molar-refractivity contribution in [2.24, 2.45) is 0 Å². The number of alkyl halides is 1. The fourth-order valence-electron chi connectivity index (χ4n) is 5.43. The number of hydrogen-bond donors (Lipinski definition) is 2. The Morgan fingerprint density at radius 2 is 2.00 bits per heavy atom. The Bertz CT molecular complexity index is 1520. The number of fused-ring (bicyclic) bond motifs is 2. The van der Waals surface area contributed by atoms with Gasteiger partial charge in [0, 0.05) is 56.4 Å². The number of aryl methyl sites for hydroxylation is 1. The number of aliphatic hydroxyl groups is 1. The average Bonchev–Trinajstić information content (AvgIpc) is 3.56. The average molecular weight is 648 g/mol. The lowest BCUT2D eigenvalue weighted by molar-refractivity contribution is -0.136. The first-order valence-corrected chi connectivity index (χ1v) is 14.4. The van der Waals surface area contributed by atoms with Crippen molar-refractivity contribution in [3.8, 4) is 11.4 Å². The van der Waals surface area contributed by atoms with Gasteiger partial charge in [0.15, 0.2) is 22.8 Å². The number of anilines is 1. The van der Waals surface area contributed by atoms with E-state index in [-0.39, 0.29) is 15.8 Å². The van der Waals surface area contributed by atoms with Crippen LogP contribution in [-0.4, -0.2) is 102 Å². The molecule has 0 saturated carbocycles. The van der Waals surface area contributed by atoms with Gasteiger partial charge in [0.2, 0.25) is 5.91 Å². The molecule has 3 aromatic heterocycles. The molecule has 206 valence electrons. The van der Waals surface area contributed by atoms with Crippen molar-refractivity contribution in [2.75, 3.05) is 57.4 Å². The molecule has 0 spiro atoms. The first-order valence-electron chi connectivity index (χ1n) is 13.1. The lowest BCUT2D eigenvalue weighted by Gasteiger charge is -2.38. The highest BCUT2D eigenvalue weighted by Gasteiger charge is 2.30. The van der Waals surface area contributed by atoms with Crippen LogP contribution in [0.5, 0.6) is 0 Å². The van der Waals surface area contributed by atoms with Gasteiger partial charge in [0.1, 0.15) is 18.2 Å². The van der Waals surface area contributed by atoms with Gasteiger partial charge in [-0.1, -0.05) is 22.6 Å². The Hall–Kier alpha value is -2.88. The van der Waals surface area contributed by atoms with Gasteiger partial charge < -0.3 is 29.2 Å². The van der Waals surface area contributed by atoms with Crippen molar-refractivity contribution >= 4 is 56.4 Å². The highest BCUT2D eigenvalue weighted by molar-refractivity contribution is 14.1. The maximum atomic E-state index is 15.3. The molecule has 39 heavy (non-hydrogen) atoms. The van der Waals surface area contributed by atoms with Crippen LogP contribution in [0.3, 0.4) is 0 Å². The third-order valence-electron chi connectivity index (χ3n) is 7.41. The molecule has 0 unspecified atom stereocenters. The molecular weight excluding hydrogens is 618 g/mol. The minimum absolute atomic E-state index is 0.0458. The third-order valence-corrected chi connectivity index (χ3v) is 8.48. The summed E-state index contributed by atoms with van der Waals surface area (Å²) in [5.74, 6) is 1.23. The number of aromatic amines is 1. The predicted molar refractivity (Wildman–Crippen MR) is 153 cm³/mol. The molecule has 2 N–H and O–H groups in total. The molecule has 0 radical (unpaired) electrons. The van der Waals surface area contributed by atoms with E-state index in [0.29, 0.717) is 87.4 Å². The molecule has 2 saturated heterocycles. The van der Waals surface area contributed by atoms with Crippen LogP contribution in [-0.2, 0) is 22.6 Å². The van der Waals surface area contributed by atoms with Crippen LogP contribution < -0.4 is 4.90 Å². The lowest BCUT2D eigenvalue weighted by atomic mass is 10.1. The largest absolute Gasteiger partial charge is 0.387 e. The van der Waals surface area contributed by atoms with E-state index < -0.39 is 6.61 Å². The van der Waals surface area contributed by atoms with E-state index in [9.17, 15) is 9.90 Å². The Kier molecular flexibility index (Phi) is 7.39. The van der Waals surface area contributed by atoms with Gasteiger partial charge in [-0.2, -0.15) is 0 Å². The summed E-state index contributed by atoms with van der Waals surface area (Å²) in [4.78, 5) is 36.2. The topological polar surface area (TPSA) is 116 Å². The van der Waals surface area contributed by atoms with E-state index in [1.54, 1.807) is 17.2 Å². The number of nitrogens with zero attached hydrogens (tertiary/aromatic N) is 7. The fourth-order valence-corrected chi connectivity index (χ4v) is 6.58. The van der Waals surface area contributed by atoms with Gasteiger partial charge in [-0.25, -0.2) is 19.3 Å². The first-order chi connectivity index (χ1) is 19.0. The van der Waals surface area contributed by atoms with Gasteiger partial charge >= 0.3 is 0 Å². The Labute approximate surface area is 238 Å². The standard InChI is InChI=1S/C26H30FIN8O3/c1-2-35-20(14-33-7-8-36(19(28)13-33)21(38)15-37)30-23-25(34-9-11-39-12-10-34)31-24(32-26(23)35)22-16-5-6-29-18(16)4-3-17(22)27/h3-6,19,29,37H,2,7-15H2,1H3/t19-/m1/s1. The summed E-state index contributed by atoms with van der Waals surface area (Å²) >= 11 is 2.25. The van der Waals surface area contributed by atoms with Crippen molar-refractivity contribution in [2.45, 2.75) is 24.1 Å². The van der Waals surface area contributed by atoms with E-state index in [1.165, 1.54) is 6.07 Å². The zero-order valence-electron chi connectivity index (χ0n) is 21.6. The van der Waals surface area contributed by atoms with E-state index >= 15 is 4.39 Å². The fraction of sp³-hybridized carbons (Fsp3) is 0.462. The summed E-state index contributed by atoms with van der Waals surface area (Å²) in [5.41, 5.74) is 2.55. The summed E-state index contributed by atoms with van der Waals surface area (Å²) in [7, 11) is 0. The second kappa shape index (κ2) is 10.9. The lowest BCUT2D eigenvalue weighted by Crippen LogP contribution is -2.53. The Morgan fingerprint density at radius 1 is 1.18 bits per heavy atom. The number of aromatic nitrogens is 5. The number of benzene rings is 1. The highest BCUT2D eigenvalue weighted by atomic mass is 127. The predicted octanol–water partition coefficient (Wildman–Crippen LogP) is 2.37. The van der Waals surface area contributed by atoms with Crippen LogP contribution in [0.15, 0.2) is 24.4 Å². The summed E-state index contributed by atoms with van der Waals surface area (Å²) < 4.78 is 22.9. The first kappa shape index (κ1) is 26.3. The van der Waals surface area contributed by atoms with Crippen molar-refractivity contribution in [3.63, 3.8) is 0 Å². The molecule has 2 fully saturated rings. The molecule has 13 heteroatoms. The van der Waals surface area contributed by atoms with Gasteiger partial charge in [-0.15, -0.1) is 0 Å². The molecule has 2 aliphatic rings. The number of carbonyl (C=O) groups excluding carboxylic acids is 1. The monoisotopic (exact) mass is 648 g/mol. The summed E-state index contributed by atoms with van der Waals surface area (Å²) in [6.07, 6.45) is 1.79. The van der Waals surface area contributed by atoms with Crippen molar-refractivity contribution < 1.29 is 19.0 Å². The SMILES string of the molecule is CCn1c(CN2CCN(C(=O)CO)[C@@H](I)C2)nc2c(N3CCOCC3)nc(-c3c(F)ccc4[nH]ccc34)nc21. The number of ether oxygens (including phenoxy) is 1. The number of carbonyl (C=O) groups is 1. The number of imidazole rings is 1. The van der Waals surface area contributed by atoms with Crippen LogP contribution in [0.4, 0.5) is 10.2 Å². The van der Waals surface area contributed by atoms with Crippen LogP contribution in [0.1, 0.15) is 12.7 Å². The number of aliphatic hydroxyl groups excluding tert-OH is 1. The molecule has 4 aromatic rings. The number of hydrogen-bond acceptors (Lipinski definition) is 8. The van der Waals surface area contributed by atoms with E-state index in [1.807, 2.05) is 13.0 Å². The normalized spacial score (nSPS) is 18.9. The van der Waals surface area contributed by atoms with Gasteiger partial charge in [-0.3, -0.25) is 9.69 Å². The third kappa shape index (κ3) is 4.85. The molecule has 0 aliphatic carbocycles. The summed E-state index contributed by atoms with van der Waals surface area (Å²) in [6, 6.07) is 5.01. The molecule has 11 nitrogen and oxygen atoms in total. The smallest absolute Gasteiger partial charge is 0.249 e. The number of morpholine rings is 1. The van der Waals surface area contributed by atoms with Crippen LogP contribution in [0.2, 0.25) is 0 Å². The van der Waals surface area contributed by atoms with E-state index in [0.717, 1.165) is 16.7 Å². The van der Waals surface area contributed by atoms with Gasteiger partial charge in [0.05, 0.1) is 29.4 Å². The number of amides is 1. The highest BCUT2D eigenvalue weighted by Crippen LogP contribution is 2.34. The Morgan fingerprint density at radius 3 is 2.74 bits per heavy atom. The summed E-state index contributed by atoms with van der Waals surface area (Å²) in [6.45, 7) is 7.14. The van der Waals surface area contributed by atoms with E-state index in [4.69, 9.17) is 19.7 Å². The van der Waals surface area contributed by atoms with Crippen LogP contribution in [0.25, 0.3) is 33.5 Å². The number of nitrogens with one attached hydrogen (secondary N) is 1. The molecule has 1 aromatic carbocycles. The molecular formula is C26H30FIN8O3. The van der Waals surface area contributed by atoms with Crippen molar-refractivity contribution in [3.05, 3.63) is 36.0 Å². The van der Waals surface area contributed by atoms with Gasteiger partial charge in [-0.05, 0) is 25.1 Å². The summed E-state index contributed by atoms with van der Waals surface area (Å²) in [5, 5.41) is 10.0. The molecule has 0 bridgehead atoms. The number of halogens is 2. The zero-order chi connectivity index (χ0) is 27.1. The number of rotatable bonds is 6. The molecule has 5 heterocycles. The van der Waals surface area contributed by atoms with Crippen LogP contribution in [0, 0.1) is 5.82 Å². The minimum Gasteiger partial charge on any atom is -0.387 e. The second-order valence-electron chi connectivity index (χ2n) is 9.69. The molecule has 6 rings (SSSR count). The quantitative estimate of drug-likeness (QED) is 0.186. The zero-order valence-corrected chi connectivity index (χ0v) is 23.8. The maximum absolute atomic E-state index is 15.3. The number of piperazine rings is 1. The maximum Gasteiger partial charge on any atom is 0.249 e. The van der Waals surface area contributed by atoms with E-state index in [2.05, 4.69) is 41.9 Å². The number of H-pyrrole nitrogens is 1. The second-order valence-corrected chi connectivity index (χ2v) is 11.1. The minimum atomic E-state index is -0.479. The Balaban J connectivity index is 1.44. The molecule has 1 atom stereocenters. The molecule has 1 amide bonds. The van der Waals surface area contributed by atoms with Gasteiger partial charge in [0.25, 0.3) is 0 Å².